The number of hydrogen-bond donors (Lipinski definition) is 0. The lowest BCUT2D eigenvalue weighted by Gasteiger charge is -2.24. The molecule has 160 valence electrons. The molecule has 0 amide bonds. The summed E-state index contributed by atoms with van der Waals surface area (Å²) >= 11 is 6.21. The van der Waals surface area contributed by atoms with Crippen molar-refractivity contribution in [2.45, 2.75) is 32.3 Å². The molecule has 2 aromatic carbocycles. The van der Waals surface area contributed by atoms with Gasteiger partial charge in [-0.15, -0.1) is 0 Å². The quantitative estimate of drug-likeness (QED) is 0.234. The lowest BCUT2D eigenvalue weighted by molar-refractivity contribution is -0.264. The zero-order valence-corrected chi connectivity index (χ0v) is 18.3. The number of rotatable bonds is 8. The predicted molar refractivity (Wildman–Crippen MR) is 124 cm³/mol. The van der Waals surface area contributed by atoms with E-state index in [-0.39, 0.29) is 6.10 Å². The number of unbranched alkanes of at least 4 members (excludes halogenated alkanes) is 1. The van der Waals surface area contributed by atoms with Crippen molar-refractivity contribution in [3.63, 3.8) is 0 Å². The van der Waals surface area contributed by atoms with E-state index in [4.69, 9.17) is 26.1 Å². The van der Waals surface area contributed by atoms with E-state index in [2.05, 4.69) is 24.1 Å². The molecule has 1 atom stereocenters. The second-order valence-corrected chi connectivity index (χ2v) is 8.02. The highest BCUT2D eigenvalue weighted by molar-refractivity contribution is 6.30. The van der Waals surface area contributed by atoms with E-state index in [9.17, 15) is 0 Å². The van der Waals surface area contributed by atoms with Crippen molar-refractivity contribution in [2.75, 3.05) is 13.2 Å². The molecule has 1 aliphatic heterocycles. The standard InChI is InChI=1S/C26H26ClNO3/c1-2-3-13-29-18-23-17-21-16-20(10-11-26(21)31-30-23)24(25-9-4-5-12-28-25)15-19-7-6-8-22(27)14-19/h4-12,14-16,23H,2-3,13,17-18H2,1H3. The number of ether oxygens (including phenoxy) is 1. The normalized spacial score (nSPS) is 15.9. The maximum atomic E-state index is 6.21. The number of nitrogens with zero attached hydrogens (tertiary/aromatic N) is 1. The molecule has 0 radical (unpaired) electrons. The number of hydrogen-bond acceptors (Lipinski definition) is 4. The Morgan fingerprint density at radius 2 is 2.10 bits per heavy atom. The molecular formula is C26H26ClNO3. The lowest BCUT2D eigenvalue weighted by Crippen LogP contribution is -2.28. The summed E-state index contributed by atoms with van der Waals surface area (Å²) in [5.74, 6) is 0.747. The zero-order chi connectivity index (χ0) is 21.5. The van der Waals surface area contributed by atoms with Crippen molar-refractivity contribution in [2.24, 2.45) is 0 Å². The van der Waals surface area contributed by atoms with Crippen molar-refractivity contribution < 1.29 is 14.5 Å². The minimum atomic E-state index is -0.116. The minimum absolute atomic E-state index is 0.116. The first-order chi connectivity index (χ1) is 15.2. The Bertz CT molecular complexity index is 1040. The molecule has 0 saturated carbocycles. The first-order valence-corrected chi connectivity index (χ1v) is 11.0. The largest absolute Gasteiger partial charge is 0.379 e. The maximum absolute atomic E-state index is 6.21. The van der Waals surface area contributed by atoms with Gasteiger partial charge < -0.3 is 9.62 Å². The van der Waals surface area contributed by atoms with Gasteiger partial charge in [0.15, 0.2) is 5.75 Å². The molecule has 5 heteroatoms. The summed E-state index contributed by atoms with van der Waals surface area (Å²) in [4.78, 5) is 15.6. The Kier molecular flexibility index (Phi) is 7.36. The highest BCUT2D eigenvalue weighted by Crippen LogP contribution is 2.32. The van der Waals surface area contributed by atoms with Gasteiger partial charge in [-0.3, -0.25) is 4.98 Å². The molecule has 31 heavy (non-hydrogen) atoms. The molecule has 1 aliphatic rings. The van der Waals surface area contributed by atoms with E-state index >= 15 is 0 Å². The van der Waals surface area contributed by atoms with Crippen molar-refractivity contribution in [3.8, 4) is 5.75 Å². The predicted octanol–water partition coefficient (Wildman–Crippen LogP) is 6.38. The Hall–Kier alpha value is -2.66. The van der Waals surface area contributed by atoms with E-state index in [1.54, 1.807) is 6.20 Å². The Labute approximate surface area is 188 Å². The summed E-state index contributed by atoms with van der Waals surface area (Å²) in [5, 5.41) is 0.705. The van der Waals surface area contributed by atoms with Crippen LogP contribution in [0.2, 0.25) is 5.02 Å². The molecule has 4 rings (SSSR count). The number of pyridine rings is 1. The summed E-state index contributed by atoms with van der Waals surface area (Å²) in [5.41, 5.74) is 5.10. The molecule has 0 fully saturated rings. The lowest BCUT2D eigenvalue weighted by atomic mass is 9.95. The van der Waals surface area contributed by atoms with Gasteiger partial charge in [-0.25, -0.2) is 0 Å². The van der Waals surface area contributed by atoms with Gasteiger partial charge in [-0.1, -0.05) is 49.2 Å². The first kappa shape index (κ1) is 21.6. The fourth-order valence-electron chi connectivity index (χ4n) is 3.53. The van der Waals surface area contributed by atoms with E-state index in [0.717, 1.165) is 59.6 Å². The van der Waals surface area contributed by atoms with Crippen molar-refractivity contribution in [1.82, 2.24) is 4.98 Å². The smallest absolute Gasteiger partial charge is 0.168 e. The Morgan fingerprint density at radius 3 is 2.90 bits per heavy atom. The van der Waals surface area contributed by atoms with Crippen LogP contribution in [0.1, 0.15) is 42.1 Å². The Balaban J connectivity index is 1.63. The van der Waals surface area contributed by atoms with Gasteiger partial charge in [0.1, 0.15) is 6.10 Å². The second-order valence-electron chi connectivity index (χ2n) is 7.58. The summed E-state index contributed by atoms with van der Waals surface area (Å²) in [6, 6.07) is 19.9. The number of fused-ring (bicyclic) bond motifs is 1. The molecule has 0 bridgehead atoms. The summed E-state index contributed by atoms with van der Waals surface area (Å²) in [6.45, 7) is 3.42. The molecule has 3 aromatic rings. The highest BCUT2D eigenvalue weighted by atomic mass is 35.5. The van der Waals surface area contributed by atoms with E-state index < -0.39 is 0 Å². The first-order valence-electron chi connectivity index (χ1n) is 10.7. The van der Waals surface area contributed by atoms with Gasteiger partial charge in [-0.05, 0) is 60.0 Å². The fraction of sp³-hybridized carbons (Fsp3) is 0.269. The maximum Gasteiger partial charge on any atom is 0.168 e. The molecule has 0 spiro atoms. The third-order valence-corrected chi connectivity index (χ3v) is 5.37. The molecule has 1 aromatic heterocycles. The summed E-state index contributed by atoms with van der Waals surface area (Å²) < 4.78 is 5.73. The minimum Gasteiger partial charge on any atom is -0.379 e. The average molecular weight is 436 g/mol. The van der Waals surface area contributed by atoms with Crippen LogP contribution in [0, 0.1) is 0 Å². The van der Waals surface area contributed by atoms with Crippen LogP contribution in [0.5, 0.6) is 5.75 Å². The third kappa shape index (κ3) is 5.73. The molecule has 2 heterocycles. The van der Waals surface area contributed by atoms with Crippen LogP contribution in [-0.4, -0.2) is 24.3 Å². The third-order valence-electron chi connectivity index (χ3n) is 5.14. The molecule has 1 unspecified atom stereocenters. The van der Waals surface area contributed by atoms with Crippen molar-refractivity contribution >= 4 is 23.3 Å². The van der Waals surface area contributed by atoms with Gasteiger partial charge in [0.25, 0.3) is 0 Å². The van der Waals surface area contributed by atoms with E-state index in [1.807, 2.05) is 54.6 Å². The number of aromatic nitrogens is 1. The van der Waals surface area contributed by atoms with Crippen LogP contribution in [-0.2, 0) is 16.0 Å². The summed E-state index contributed by atoms with van der Waals surface area (Å²) in [7, 11) is 0. The van der Waals surface area contributed by atoms with Crippen LogP contribution >= 0.6 is 11.6 Å². The number of benzene rings is 2. The van der Waals surface area contributed by atoms with E-state index in [0.29, 0.717) is 11.6 Å². The van der Waals surface area contributed by atoms with Crippen LogP contribution in [0.15, 0.2) is 66.9 Å². The van der Waals surface area contributed by atoms with Crippen LogP contribution < -0.4 is 4.89 Å². The van der Waals surface area contributed by atoms with Crippen molar-refractivity contribution in [3.05, 3.63) is 94.3 Å². The fourth-order valence-corrected chi connectivity index (χ4v) is 3.72. The van der Waals surface area contributed by atoms with Crippen LogP contribution in [0.25, 0.3) is 11.6 Å². The highest BCUT2D eigenvalue weighted by Gasteiger charge is 2.23. The van der Waals surface area contributed by atoms with Crippen LogP contribution in [0.3, 0.4) is 0 Å². The van der Waals surface area contributed by atoms with Gasteiger partial charge in [0.2, 0.25) is 0 Å². The second kappa shape index (κ2) is 10.6. The monoisotopic (exact) mass is 435 g/mol. The molecule has 4 nitrogen and oxygen atoms in total. The van der Waals surface area contributed by atoms with Gasteiger partial charge in [-0.2, -0.15) is 4.89 Å². The topological polar surface area (TPSA) is 40.6 Å². The molecule has 0 aliphatic carbocycles. The molecule has 0 saturated heterocycles. The number of halogens is 1. The average Bonchev–Trinajstić information content (AvgIpc) is 2.80. The van der Waals surface area contributed by atoms with Gasteiger partial charge in [0, 0.05) is 35.4 Å². The Morgan fingerprint density at radius 1 is 1.16 bits per heavy atom. The van der Waals surface area contributed by atoms with Gasteiger partial charge in [0.05, 0.1) is 12.3 Å². The SMILES string of the molecule is CCCCOCC1Cc2cc(C(=Cc3cccc(Cl)c3)c3ccccn3)ccc2OO1. The molecular weight excluding hydrogens is 410 g/mol. The summed E-state index contributed by atoms with van der Waals surface area (Å²) in [6.07, 6.45) is 6.71. The van der Waals surface area contributed by atoms with Gasteiger partial charge >= 0.3 is 0 Å². The molecule has 0 N–H and O–H groups in total. The zero-order valence-electron chi connectivity index (χ0n) is 17.6. The van der Waals surface area contributed by atoms with E-state index in [1.165, 1.54) is 0 Å². The van der Waals surface area contributed by atoms with Crippen LogP contribution in [0.4, 0.5) is 0 Å². The van der Waals surface area contributed by atoms with Crippen molar-refractivity contribution in [1.29, 1.82) is 0 Å².